The number of aryl methyl sites for hydroxylation is 1. The van der Waals surface area contributed by atoms with Crippen LogP contribution in [0.1, 0.15) is 21.5 Å². The molecule has 0 aliphatic carbocycles. The third-order valence-electron chi connectivity index (χ3n) is 4.23. The summed E-state index contributed by atoms with van der Waals surface area (Å²) in [7, 11) is 0. The van der Waals surface area contributed by atoms with E-state index in [1.807, 2.05) is 55.5 Å². The Bertz CT molecular complexity index is 1100. The summed E-state index contributed by atoms with van der Waals surface area (Å²) >= 11 is 7.58. The first kappa shape index (κ1) is 18.5. The monoisotopic (exact) mass is 408 g/mol. The number of hydrogen-bond acceptors (Lipinski definition) is 4. The fourth-order valence-corrected chi connectivity index (χ4v) is 3.84. The van der Waals surface area contributed by atoms with Crippen LogP contribution in [0.2, 0.25) is 5.02 Å². The Morgan fingerprint density at radius 1 is 1.11 bits per heavy atom. The molecule has 4 rings (SSSR count). The van der Waals surface area contributed by atoms with Crippen LogP contribution in [0.5, 0.6) is 5.75 Å². The number of aromatic nitrogens is 1. The van der Waals surface area contributed by atoms with E-state index in [2.05, 4.69) is 10.3 Å². The van der Waals surface area contributed by atoms with Crippen LogP contribution in [0.25, 0.3) is 10.2 Å². The Hall–Kier alpha value is -2.89. The molecule has 6 heteroatoms. The quantitative estimate of drug-likeness (QED) is 0.434. The van der Waals surface area contributed by atoms with Crippen molar-refractivity contribution in [3.05, 3.63) is 88.4 Å². The standard InChI is InChI=1S/C22H17ClN2O2S/c1-14-10-20-19(12-18(14)23)24-22(28-20)25-21(26)16-8-5-9-17(11-16)27-13-15-6-3-2-4-7-15/h2-12H,13H2,1H3,(H,24,25,26). The van der Waals surface area contributed by atoms with E-state index < -0.39 is 0 Å². The molecule has 0 saturated heterocycles. The van der Waals surface area contributed by atoms with Crippen LogP contribution in [0.4, 0.5) is 5.13 Å². The zero-order valence-corrected chi connectivity index (χ0v) is 16.7. The van der Waals surface area contributed by atoms with Crippen molar-refractivity contribution < 1.29 is 9.53 Å². The molecule has 4 nitrogen and oxygen atoms in total. The summed E-state index contributed by atoms with van der Waals surface area (Å²) in [6, 6.07) is 20.8. The van der Waals surface area contributed by atoms with E-state index in [9.17, 15) is 4.79 Å². The van der Waals surface area contributed by atoms with Crippen molar-refractivity contribution in [2.75, 3.05) is 5.32 Å². The lowest BCUT2D eigenvalue weighted by Gasteiger charge is -2.08. The molecule has 0 radical (unpaired) electrons. The summed E-state index contributed by atoms with van der Waals surface area (Å²) in [5.74, 6) is 0.412. The van der Waals surface area contributed by atoms with Crippen molar-refractivity contribution in [2.45, 2.75) is 13.5 Å². The molecule has 1 amide bonds. The molecular weight excluding hydrogens is 392 g/mol. The highest BCUT2D eigenvalue weighted by molar-refractivity contribution is 7.22. The van der Waals surface area contributed by atoms with Gasteiger partial charge in [0.1, 0.15) is 12.4 Å². The Kier molecular flexibility index (Phi) is 5.28. The van der Waals surface area contributed by atoms with Crippen molar-refractivity contribution in [3.63, 3.8) is 0 Å². The molecular formula is C22H17ClN2O2S. The van der Waals surface area contributed by atoms with E-state index in [0.29, 0.717) is 28.1 Å². The largest absolute Gasteiger partial charge is 0.489 e. The average molecular weight is 409 g/mol. The molecule has 0 bridgehead atoms. The van der Waals surface area contributed by atoms with Gasteiger partial charge in [0, 0.05) is 10.6 Å². The summed E-state index contributed by atoms with van der Waals surface area (Å²) in [4.78, 5) is 17.1. The van der Waals surface area contributed by atoms with Gasteiger partial charge in [0.15, 0.2) is 5.13 Å². The molecule has 0 fully saturated rings. The number of ether oxygens (including phenoxy) is 1. The number of nitrogens with zero attached hydrogens (tertiary/aromatic N) is 1. The Morgan fingerprint density at radius 3 is 2.75 bits per heavy atom. The molecule has 1 heterocycles. The number of fused-ring (bicyclic) bond motifs is 1. The van der Waals surface area contributed by atoms with Crippen LogP contribution in [0.15, 0.2) is 66.7 Å². The predicted octanol–water partition coefficient (Wildman–Crippen LogP) is 6.09. The van der Waals surface area contributed by atoms with Gasteiger partial charge in [-0.2, -0.15) is 0 Å². The number of nitrogens with one attached hydrogen (secondary N) is 1. The van der Waals surface area contributed by atoms with Gasteiger partial charge in [0.2, 0.25) is 0 Å². The highest BCUT2D eigenvalue weighted by Crippen LogP contribution is 2.30. The van der Waals surface area contributed by atoms with Gasteiger partial charge < -0.3 is 4.74 Å². The highest BCUT2D eigenvalue weighted by atomic mass is 35.5. The summed E-state index contributed by atoms with van der Waals surface area (Å²) in [6.45, 7) is 2.39. The Balaban J connectivity index is 1.47. The van der Waals surface area contributed by atoms with Crippen molar-refractivity contribution in [3.8, 4) is 5.75 Å². The molecule has 0 atom stereocenters. The Morgan fingerprint density at radius 2 is 1.93 bits per heavy atom. The zero-order valence-electron chi connectivity index (χ0n) is 15.1. The van der Waals surface area contributed by atoms with Crippen LogP contribution in [0, 0.1) is 6.92 Å². The number of hydrogen-bond donors (Lipinski definition) is 1. The number of benzene rings is 3. The number of rotatable bonds is 5. The van der Waals surface area contributed by atoms with Crippen molar-refractivity contribution in [2.24, 2.45) is 0 Å². The van der Waals surface area contributed by atoms with Crippen molar-refractivity contribution in [1.29, 1.82) is 0 Å². The van der Waals surface area contributed by atoms with Crippen molar-refractivity contribution in [1.82, 2.24) is 4.98 Å². The molecule has 0 saturated carbocycles. The van der Waals surface area contributed by atoms with E-state index in [4.69, 9.17) is 16.3 Å². The minimum atomic E-state index is -0.230. The normalized spacial score (nSPS) is 10.8. The number of thiazole rings is 1. The lowest BCUT2D eigenvalue weighted by molar-refractivity contribution is 0.102. The lowest BCUT2D eigenvalue weighted by Crippen LogP contribution is -2.11. The maximum absolute atomic E-state index is 12.6. The van der Waals surface area contributed by atoms with Crippen LogP contribution in [-0.4, -0.2) is 10.9 Å². The second-order valence-corrected chi connectivity index (χ2v) is 7.78. The van der Waals surface area contributed by atoms with E-state index in [0.717, 1.165) is 21.3 Å². The summed E-state index contributed by atoms with van der Waals surface area (Å²) < 4.78 is 6.78. The highest BCUT2D eigenvalue weighted by Gasteiger charge is 2.12. The van der Waals surface area contributed by atoms with Crippen LogP contribution in [-0.2, 0) is 6.61 Å². The topological polar surface area (TPSA) is 51.2 Å². The number of carbonyl (C=O) groups excluding carboxylic acids is 1. The molecule has 1 N–H and O–H groups in total. The minimum absolute atomic E-state index is 0.230. The van der Waals surface area contributed by atoms with Crippen LogP contribution < -0.4 is 10.1 Å². The number of carbonyl (C=O) groups is 1. The summed E-state index contributed by atoms with van der Waals surface area (Å²) in [5.41, 5.74) is 3.34. The minimum Gasteiger partial charge on any atom is -0.489 e. The summed E-state index contributed by atoms with van der Waals surface area (Å²) in [6.07, 6.45) is 0. The first-order valence-corrected chi connectivity index (χ1v) is 9.93. The van der Waals surface area contributed by atoms with Gasteiger partial charge in [-0.25, -0.2) is 4.98 Å². The van der Waals surface area contributed by atoms with Gasteiger partial charge in [-0.05, 0) is 48.4 Å². The number of amides is 1. The lowest BCUT2D eigenvalue weighted by atomic mass is 10.2. The molecule has 0 aliphatic rings. The van der Waals surface area contributed by atoms with E-state index in [1.54, 1.807) is 18.2 Å². The SMILES string of the molecule is Cc1cc2sc(NC(=O)c3cccc(OCc4ccccc4)c3)nc2cc1Cl. The first-order valence-electron chi connectivity index (χ1n) is 8.73. The van der Waals surface area contributed by atoms with Crippen LogP contribution in [0.3, 0.4) is 0 Å². The maximum atomic E-state index is 12.6. The van der Waals surface area contributed by atoms with E-state index in [1.165, 1.54) is 11.3 Å². The zero-order chi connectivity index (χ0) is 19.5. The first-order chi connectivity index (χ1) is 13.6. The molecule has 4 aromatic rings. The van der Waals surface area contributed by atoms with Gasteiger partial charge in [0.05, 0.1) is 10.2 Å². The maximum Gasteiger partial charge on any atom is 0.257 e. The van der Waals surface area contributed by atoms with E-state index in [-0.39, 0.29) is 5.91 Å². The van der Waals surface area contributed by atoms with Gasteiger partial charge in [-0.1, -0.05) is 59.3 Å². The molecule has 1 aromatic heterocycles. The van der Waals surface area contributed by atoms with Crippen molar-refractivity contribution >= 4 is 44.2 Å². The second-order valence-electron chi connectivity index (χ2n) is 6.34. The molecule has 0 aliphatic heterocycles. The molecule has 0 spiro atoms. The van der Waals surface area contributed by atoms with E-state index >= 15 is 0 Å². The Labute approximate surface area is 171 Å². The second kappa shape index (κ2) is 8.00. The third kappa shape index (κ3) is 4.16. The molecule has 0 unspecified atom stereocenters. The van der Waals surface area contributed by atoms with Crippen LogP contribution >= 0.6 is 22.9 Å². The predicted molar refractivity (Wildman–Crippen MR) is 115 cm³/mol. The van der Waals surface area contributed by atoms with Gasteiger partial charge in [0.25, 0.3) is 5.91 Å². The van der Waals surface area contributed by atoms with Gasteiger partial charge >= 0.3 is 0 Å². The summed E-state index contributed by atoms with van der Waals surface area (Å²) in [5, 5.41) is 4.06. The van der Waals surface area contributed by atoms with Gasteiger partial charge in [-0.3, -0.25) is 10.1 Å². The average Bonchev–Trinajstić information content (AvgIpc) is 3.08. The van der Waals surface area contributed by atoms with Gasteiger partial charge in [-0.15, -0.1) is 0 Å². The number of anilines is 1. The fourth-order valence-electron chi connectivity index (χ4n) is 2.74. The fraction of sp³-hybridized carbons (Fsp3) is 0.0909. The molecule has 3 aromatic carbocycles. The number of halogens is 1. The third-order valence-corrected chi connectivity index (χ3v) is 5.57. The molecule has 140 valence electrons. The smallest absolute Gasteiger partial charge is 0.257 e. The molecule has 28 heavy (non-hydrogen) atoms.